The van der Waals surface area contributed by atoms with Gasteiger partial charge in [-0.2, -0.15) is 0 Å². The largest absolute Gasteiger partial charge is 0.393 e. The van der Waals surface area contributed by atoms with Crippen LogP contribution in [0.1, 0.15) is 13.8 Å². The van der Waals surface area contributed by atoms with E-state index in [1.54, 1.807) is 21.7 Å². The Balaban J connectivity index is 2.56. The standard InChI is InChI=1S/C10H13BClN3O4/c1-8(2)17-6-9(19-8,3-4-12)7(11)18-10(6,5-16)14-15-13/h6-7,16H,5,11H2,1-2H3/t6?,7-,9-,10-/m1/s1. The van der Waals surface area contributed by atoms with Crippen LogP contribution >= 0.6 is 11.6 Å². The molecule has 2 aliphatic rings. The van der Waals surface area contributed by atoms with Crippen LogP contribution < -0.4 is 0 Å². The van der Waals surface area contributed by atoms with Crippen molar-refractivity contribution in [2.45, 2.75) is 43.1 Å². The van der Waals surface area contributed by atoms with Crippen molar-refractivity contribution >= 4 is 19.4 Å². The molecule has 2 fully saturated rings. The molecule has 9 heteroatoms. The number of nitrogens with zero attached hydrogens (tertiary/aromatic N) is 3. The van der Waals surface area contributed by atoms with Crippen molar-refractivity contribution in [3.05, 3.63) is 10.4 Å². The molecule has 4 atom stereocenters. The van der Waals surface area contributed by atoms with Crippen molar-refractivity contribution in [3.8, 4) is 11.3 Å². The van der Waals surface area contributed by atoms with Crippen molar-refractivity contribution < 1.29 is 19.3 Å². The minimum Gasteiger partial charge on any atom is -0.393 e. The van der Waals surface area contributed by atoms with Crippen molar-refractivity contribution in [2.75, 3.05) is 6.61 Å². The van der Waals surface area contributed by atoms with Crippen LogP contribution in [-0.2, 0) is 14.2 Å². The summed E-state index contributed by atoms with van der Waals surface area (Å²) in [6, 6.07) is -0.580. The van der Waals surface area contributed by atoms with E-state index in [-0.39, 0.29) is 0 Å². The summed E-state index contributed by atoms with van der Waals surface area (Å²) in [4.78, 5) is 2.72. The third-order valence-electron chi connectivity index (χ3n) is 3.28. The SMILES string of the molecule is B[C@@H]1O[C@@](CO)(N=[N+]=[N-])C2OC(C)(C)O[C@]21C#CCl. The van der Waals surface area contributed by atoms with Gasteiger partial charge in [-0.3, -0.25) is 0 Å². The summed E-state index contributed by atoms with van der Waals surface area (Å²) in [6.45, 7) is 2.86. The minimum absolute atomic E-state index is 0.544. The summed E-state index contributed by atoms with van der Waals surface area (Å²) < 4.78 is 17.1. The fourth-order valence-electron chi connectivity index (χ4n) is 2.60. The van der Waals surface area contributed by atoms with E-state index in [1.165, 1.54) is 0 Å². The van der Waals surface area contributed by atoms with Crippen molar-refractivity contribution in [2.24, 2.45) is 5.11 Å². The quantitative estimate of drug-likeness (QED) is 0.255. The van der Waals surface area contributed by atoms with Gasteiger partial charge in [0, 0.05) is 10.3 Å². The lowest BCUT2D eigenvalue weighted by Gasteiger charge is -2.28. The van der Waals surface area contributed by atoms with Crippen LogP contribution in [0.2, 0.25) is 0 Å². The van der Waals surface area contributed by atoms with Gasteiger partial charge in [0.15, 0.2) is 17.1 Å². The molecule has 2 saturated heterocycles. The normalized spacial score (nSPS) is 42.9. The molecule has 0 aromatic heterocycles. The van der Waals surface area contributed by atoms with Gasteiger partial charge in [0.05, 0.1) is 12.6 Å². The summed E-state index contributed by atoms with van der Waals surface area (Å²) >= 11 is 5.50. The molecule has 19 heavy (non-hydrogen) atoms. The molecule has 2 aliphatic heterocycles. The Morgan fingerprint density at radius 3 is 2.74 bits per heavy atom. The van der Waals surface area contributed by atoms with Gasteiger partial charge in [-0.15, -0.1) is 0 Å². The van der Waals surface area contributed by atoms with Crippen molar-refractivity contribution in [1.82, 2.24) is 0 Å². The summed E-state index contributed by atoms with van der Waals surface area (Å²) in [6.07, 6.45) is -0.864. The number of azide groups is 1. The maximum Gasteiger partial charge on any atom is 0.199 e. The van der Waals surface area contributed by atoms with E-state index in [0.29, 0.717) is 0 Å². The van der Waals surface area contributed by atoms with E-state index >= 15 is 0 Å². The summed E-state index contributed by atoms with van der Waals surface area (Å²) in [5.41, 5.74) is 5.94. The number of hydrogen-bond donors (Lipinski definition) is 1. The highest BCUT2D eigenvalue weighted by molar-refractivity contribution is 6.30. The summed E-state index contributed by atoms with van der Waals surface area (Å²) in [5.74, 6) is 1.77. The van der Waals surface area contributed by atoms with Crippen LogP contribution in [0.4, 0.5) is 0 Å². The number of aliphatic hydroxyl groups is 1. The number of rotatable bonds is 2. The van der Waals surface area contributed by atoms with Crippen LogP contribution in [0.5, 0.6) is 0 Å². The molecule has 1 N–H and O–H groups in total. The van der Waals surface area contributed by atoms with Gasteiger partial charge in [0.25, 0.3) is 0 Å². The predicted octanol–water partition coefficient (Wildman–Crippen LogP) is 0.0647. The molecule has 0 aliphatic carbocycles. The van der Waals surface area contributed by atoms with E-state index in [2.05, 4.69) is 21.3 Å². The molecular formula is C10H13BClN3O4. The molecule has 0 bridgehead atoms. The molecular weight excluding hydrogens is 272 g/mol. The average Bonchev–Trinajstić information content (AvgIpc) is 2.71. The lowest BCUT2D eigenvalue weighted by atomic mass is 9.80. The second-order valence-corrected chi connectivity index (χ2v) is 5.15. The molecule has 7 nitrogen and oxygen atoms in total. The highest BCUT2D eigenvalue weighted by atomic mass is 35.5. The lowest BCUT2D eigenvalue weighted by molar-refractivity contribution is -0.210. The van der Waals surface area contributed by atoms with Crippen LogP contribution in [0.25, 0.3) is 10.4 Å². The molecule has 2 rings (SSSR count). The third kappa shape index (κ3) is 1.99. The number of halogens is 1. The Morgan fingerprint density at radius 2 is 2.21 bits per heavy atom. The van der Waals surface area contributed by atoms with Gasteiger partial charge in [0.2, 0.25) is 0 Å². The Bertz CT molecular complexity index is 501. The Hall–Kier alpha value is -0.935. The Labute approximate surface area is 116 Å². The fraction of sp³-hybridized carbons (Fsp3) is 0.800. The monoisotopic (exact) mass is 285 g/mol. The first-order valence-electron chi connectivity index (χ1n) is 5.71. The predicted molar refractivity (Wildman–Crippen MR) is 68.8 cm³/mol. The molecule has 0 radical (unpaired) electrons. The zero-order valence-corrected chi connectivity index (χ0v) is 11.5. The molecule has 0 spiro atoms. The van der Waals surface area contributed by atoms with Crippen molar-refractivity contribution in [1.29, 1.82) is 0 Å². The van der Waals surface area contributed by atoms with Crippen LogP contribution in [0, 0.1) is 11.3 Å². The van der Waals surface area contributed by atoms with E-state index in [9.17, 15) is 5.11 Å². The second-order valence-electron chi connectivity index (χ2n) is 4.96. The van der Waals surface area contributed by atoms with Gasteiger partial charge < -0.3 is 19.3 Å². The molecule has 0 aromatic rings. The molecule has 0 amide bonds. The number of ether oxygens (including phenoxy) is 3. The molecule has 0 aromatic carbocycles. The highest BCUT2D eigenvalue weighted by Crippen LogP contribution is 2.50. The van der Waals surface area contributed by atoms with Gasteiger partial charge in [-0.05, 0) is 36.9 Å². The van der Waals surface area contributed by atoms with Gasteiger partial charge in [-0.25, -0.2) is 0 Å². The van der Waals surface area contributed by atoms with Gasteiger partial charge in [0.1, 0.15) is 14.0 Å². The molecule has 1 unspecified atom stereocenters. The smallest absolute Gasteiger partial charge is 0.199 e. The first-order valence-corrected chi connectivity index (χ1v) is 6.09. The van der Waals surface area contributed by atoms with Crippen molar-refractivity contribution in [3.63, 3.8) is 0 Å². The van der Waals surface area contributed by atoms with E-state index in [0.717, 1.165) is 0 Å². The first kappa shape index (κ1) is 14.5. The zero-order valence-electron chi connectivity index (χ0n) is 10.8. The molecule has 102 valence electrons. The summed E-state index contributed by atoms with van der Waals surface area (Å²) in [5, 5.41) is 15.4. The highest BCUT2D eigenvalue weighted by Gasteiger charge is 2.70. The second kappa shape index (κ2) is 4.56. The van der Waals surface area contributed by atoms with Gasteiger partial charge >= 0.3 is 0 Å². The Kier molecular flexibility index (Phi) is 3.48. The molecule has 0 saturated carbocycles. The van der Waals surface area contributed by atoms with E-state index in [4.69, 9.17) is 31.3 Å². The maximum atomic E-state index is 9.56. The maximum absolute atomic E-state index is 9.56. The Morgan fingerprint density at radius 1 is 1.53 bits per heavy atom. The van der Waals surface area contributed by atoms with E-state index < -0.39 is 35.8 Å². The molecule has 2 heterocycles. The van der Waals surface area contributed by atoms with Gasteiger partial charge in [-0.1, -0.05) is 5.11 Å². The minimum atomic E-state index is -1.57. The first-order chi connectivity index (χ1) is 8.86. The summed E-state index contributed by atoms with van der Waals surface area (Å²) in [7, 11) is 1.70. The number of hydrogen-bond acceptors (Lipinski definition) is 5. The zero-order chi connectivity index (χ0) is 14.3. The van der Waals surface area contributed by atoms with Crippen LogP contribution in [0.15, 0.2) is 5.11 Å². The lowest BCUT2D eigenvalue weighted by Crippen LogP contribution is -2.49. The van der Waals surface area contributed by atoms with E-state index in [1.807, 2.05) is 0 Å². The number of fused-ring (bicyclic) bond motifs is 1. The topological polar surface area (TPSA) is 96.7 Å². The van der Waals surface area contributed by atoms with Crippen LogP contribution in [0.3, 0.4) is 0 Å². The number of aliphatic hydroxyl groups excluding tert-OH is 1. The fourth-order valence-corrected chi connectivity index (χ4v) is 2.75. The van der Waals surface area contributed by atoms with Crippen LogP contribution in [-0.4, -0.2) is 48.8 Å². The average molecular weight is 285 g/mol. The third-order valence-corrected chi connectivity index (χ3v) is 3.38.